The Morgan fingerprint density at radius 3 is 2.59 bits per heavy atom. The Kier molecular flexibility index (Phi) is 9.72. The van der Waals surface area contributed by atoms with E-state index >= 15 is 0 Å². The summed E-state index contributed by atoms with van der Waals surface area (Å²) in [7, 11) is 1.66. The molecule has 1 saturated heterocycles. The second kappa shape index (κ2) is 13.2. The first-order chi connectivity index (χ1) is 21.6. The zero-order valence-corrected chi connectivity index (χ0v) is 26.6. The molecule has 1 fully saturated rings. The number of carboxylic acid groups (broad SMARTS) is 2. The predicted molar refractivity (Wildman–Crippen MR) is 166 cm³/mol. The molecular weight excluding hydrogens is 646 g/mol. The van der Waals surface area contributed by atoms with Gasteiger partial charge in [-0.2, -0.15) is 9.36 Å². The molecule has 20 nitrogen and oxygen atoms in total. The number of guanidine groups is 1. The molecule has 0 bridgehead atoms. The van der Waals surface area contributed by atoms with Crippen LogP contribution in [-0.4, -0.2) is 100 Å². The van der Waals surface area contributed by atoms with Crippen molar-refractivity contribution in [2.75, 3.05) is 35.2 Å². The van der Waals surface area contributed by atoms with Crippen molar-refractivity contribution in [3.63, 3.8) is 0 Å². The molecule has 0 aromatic carbocycles. The Morgan fingerprint density at radius 2 is 2.02 bits per heavy atom. The molecule has 0 saturated carbocycles. The molecule has 2 aromatic rings. The van der Waals surface area contributed by atoms with Gasteiger partial charge in [-0.25, -0.2) is 9.59 Å². The largest absolute Gasteiger partial charge is 0.478 e. The summed E-state index contributed by atoms with van der Waals surface area (Å²) < 4.78 is 7.14. The van der Waals surface area contributed by atoms with Crippen molar-refractivity contribution < 1.29 is 38.9 Å². The summed E-state index contributed by atoms with van der Waals surface area (Å²) in [5.41, 5.74) is 21.6. The first kappa shape index (κ1) is 33.9. The van der Waals surface area contributed by atoms with Crippen LogP contribution in [0.4, 0.5) is 16.6 Å². The molecule has 2 aliphatic rings. The minimum atomic E-state index is -1.82. The van der Waals surface area contributed by atoms with E-state index in [1.807, 2.05) is 0 Å². The minimum absolute atomic E-state index is 0.0000217. The number of aliphatic carboxylic acids is 2. The lowest BCUT2D eigenvalue weighted by Crippen LogP contribution is -2.71. The normalized spacial score (nSPS) is 18.1. The van der Waals surface area contributed by atoms with Crippen LogP contribution in [-0.2, 0) is 37.6 Å². The van der Waals surface area contributed by atoms with Crippen molar-refractivity contribution in [3.8, 4) is 0 Å². The Hall–Kier alpha value is -4.96. The number of carboxylic acids is 2. The van der Waals surface area contributed by atoms with Crippen LogP contribution < -0.4 is 37.8 Å². The molecule has 0 unspecified atom stereocenters. The van der Waals surface area contributed by atoms with Gasteiger partial charge in [-0.3, -0.25) is 19.9 Å². The lowest BCUT2D eigenvalue weighted by atomic mass is 10.0. The third-order valence-corrected chi connectivity index (χ3v) is 8.96. The number of nitrogens with zero attached hydrogens (tertiary/aromatic N) is 7. The number of aromatic nitrogens is 4. The number of carbonyl (C=O) groups excluding carboxylic acids is 2. The summed E-state index contributed by atoms with van der Waals surface area (Å²) in [6, 6.07) is -1.15. The monoisotopic (exact) mass is 680 g/mol. The lowest BCUT2D eigenvalue weighted by molar-refractivity contribution is -0.765. The fraction of sp³-hybridized carbons (Fsp3) is 0.458. The highest BCUT2D eigenvalue weighted by molar-refractivity contribution is 8.00. The zero-order chi connectivity index (χ0) is 34.1. The van der Waals surface area contributed by atoms with Gasteiger partial charge >= 0.3 is 11.9 Å². The Morgan fingerprint density at radius 1 is 1.33 bits per heavy atom. The maximum absolute atomic E-state index is 13.3. The van der Waals surface area contributed by atoms with Crippen LogP contribution in [0.15, 0.2) is 22.6 Å². The van der Waals surface area contributed by atoms with E-state index in [0.29, 0.717) is 30.8 Å². The van der Waals surface area contributed by atoms with Crippen LogP contribution in [0.1, 0.15) is 26.1 Å². The van der Waals surface area contributed by atoms with Crippen LogP contribution >= 0.6 is 23.3 Å². The first-order valence-corrected chi connectivity index (χ1v) is 15.4. The Bertz CT molecular complexity index is 1650. The van der Waals surface area contributed by atoms with Crippen molar-refractivity contribution >= 4 is 75.4 Å². The van der Waals surface area contributed by atoms with Gasteiger partial charge in [0.2, 0.25) is 23.3 Å². The standard InChI is InChI=1S/C24H33N13O7S2/c1-24(2,21(42)43)44-32-12(16-31-23(29)46-33-16)17(38)30-13-18(39)37-14(20(40)41)10(9-45-19(13)37)7-35-8-11(15(26)34(35)3)36(22(27)28)6-4-5-25/h8,13,19,26H,4-7,9,25H2,1-3H3,(H8,27,28,29,30,31,33,38,40,41,42,43)/p+1/b32-12-/t13-,19-/m1/s1. The number of β-lactam (4-membered cyclic amide) rings is 1. The number of hydrogen-bond acceptors (Lipinski definition) is 14. The van der Waals surface area contributed by atoms with Gasteiger partial charge in [0.25, 0.3) is 11.8 Å². The van der Waals surface area contributed by atoms with Crippen LogP contribution in [0.25, 0.3) is 0 Å². The van der Waals surface area contributed by atoms with Crippen molar-refractivity contribution in [2.45, 2.75) is 43.8 Å². The van der Waals surface area contributed by atoms with Crippen molar-refractivity contribution in [1.29, 1.82) is 5.41 Å². The number of anilines is 3. The molecular formula is C24H34N13O7S2+. The number of nitrogen functional groups attached to an aromatic ring is 2. The molecule has 46 heavy (non-hydrogen) atoms. The summed E-state index contributed by atoms with van der Waals surface area (Å²) in [6.45, 7) is 3.18. The van der Waals surface area contributed by atoms with Crippen LogP contribution in [0, 0.1) is 5.41 Å². The number of oxime groups is 1. The zero-order valence-electron chi connectivity index (χ0n) is 25.0. The number of carbonyl (C=O) groups is 4. The Balaban J connectivity index is 1.57. The average Bonchev–Trinajstić information content (AvgIpc) is 3.53. The van der Waals surface area contributed by atoms with Crippen molar-refractivity contribution in [1.82, 2.24) is 24.3 Å². The van der Waals surface area contributed by atoms with Gasteiger partial charge in [0.05, 0.1) is 7.05 Å². The van der Waals surface area contributed by atoms with Crippen molar-refractivity contribution in [3.05, 3.63) is 23.3 Å². The number of rotatable bonds is 13. The van der Waals surface area contributed by atoms with Gasteiger partial charge < -0.3 is 48.2 Å². The van der Waals surface area contributed by atoms with Gasteiger partial charge in [-0.15, -0.1) is 21.1 Å². The van der Waals surface area contributed by atoms with E-state index in [2.05, 4.69) is 19.8 Å². The lowest BCUT2D eigenvalue weighted by Gasteiger charge is -2.49. The first-order valence-electron chi connectivity index (χ1n) is 13.6. The summed E-state index contributed by atoms with van der Waals surface area (Å²) in [5.74, 6) is -4.39. The quantitative estimate of drug-likeness (QED) is 0.0353. The molecule has 2 amide bonds. The fourth-order valence-electron chi connectivity index (χ4n) is 4.50. The third-order valence-electron chi connectivity index (χ3n) is 7.07. The highest BCUT2D eigenvalue weighted by Crippen LogP contribution is 2.40. The third kappa shape index (κ3) is 6.53. The number of amides is 2. The van der Waals surface area contributed by atoms with Gasteiger partial charge in [0, 0.05) is 29.4 Å². The second-order valence-corrected chi connectivity index (χ2v) is 12.5. The van der Waals surface area contributed by atoms with Crippen LogP contribution in [0.5, 0.6) is 0 Å². The van der Waals surface area contributed by atoms with Crippen molar-refractivity contribution in [2.24, 2.45) is 23.7 Å². The highest BCUT2D eigenvalue weighted by atomic mass is 32.2. The van der Waals surface area contributed by atoms with E-state index in [-0.39, 0.29) is 40.7 Å². The summed E-state index contributed by atoms with van der Waals surface area (Å²) >= 11 is 1.98. The molecule has 22 heteroatoms. The van der Waals surface area contributed by atoms with Gasteiger partial charge in [-0.1, -0.05) is 5.16 Å². The number of thioether (sulfide) groups is 1. The highest BCUT2D eigenvalue weighted by Gasteiger charge is 2.55. The molecule has 0 spiro atoms. The minimum Gasteiger partial charge on any atom is -0.478 e. The Labute approximate surface area is 269 Å². The van der Waals surface area contributed by atoms with E-state index in [1.165, 1.54) is 30.5 Å². The van der Waals surface area contributed by atoms with Crippen LogP contribution in [0.3, 0.4) is 0 Å². The van der Waals surface area contributed by atoms with E-state index < -0.39 is 46.5 Å². The number of nitrogens with two attached hydrogens (primary N) is 4. The molecule has 0 radical (unpaired) electrons. The maximum Gasteiger partial charge on any atom is 0.352 e. The number of hydrogen-bond donors (Lipinski definition) is 8. The van der Waals surface area contributed by atoms with Gasteiger partial charge in [0.1, 0.15) is 17.1 Å². The number of nitrogens with one attached hydrogen (secondary N) is 2. The molecule has 2 atom stereocenters. The SMILES string of the molecule is Cn1c(N)c(N(CCCN)C(=N)N)c[n+]1CC1=C(C(=O)O)N2C(=O)[C@@H](NC(=O)/C(=N\OC(C)(C)C(=O)O)c3nsc(N)n3)[C@H]2SC1. The molecule has 4 heterocycles. The molecule has 2 aliphatic heterocycles. The summed E-state index contributed by atoms with van der Waals surface area (Å²) in [4.78, 5) is 62.1. The smallest absolute Gasteiger partial charge is 0.352 e. The average molecular weight is 681 g/mol. The maximum atomic E-state index is 13.3. The summed E-state index contributed by atoms with van der Waals surface area (Å²) in [5, 5.41) is 32.8. The summed E-state index contributed by atoms with van der Waals surface area (Å²) in [6.07, 6.45) is 2.18. The van der Waals surface area contributed by atoms with Gasteiger partial charge in [0.15, 0.2) is 29.1 Å². The van der Waals surface area contributed by atoms with Crippen LogP contribution in [0.2, 0.25) is 0 Å². The predicted octanol–water partition coefficient (Wildman–Crippen LogP) is -2.60. The van der Waals surface area contributed by atoms with Gasteiger partial charge in [-0.05, 0) is 26.8 Å². The van der Waals surface area contributed by atoms with E-state index in [4.69, 9.17) is 33.2 Å². The van der Waals surface area contributed by atoms with E-state index in [1.54, 1.807) is 22.6 Å². The fourth-order valence-corrected chi connectivity index (χ4v) is 6.27. The molecule has 4 rings (SSSR count). The van der Waals surface area contributed by atoms with E-state index in [9.17, 15) is 29.4 Å². The molecule has 2 aromatic heterocycles. The molecule has 248 valence electrons. The number of fused-ring (bicyclic) bond motifs is 1. The topological polar surface area (TPSA) is 311 Å². The second-order valence-electron chi connectivity index (χ2n) is 10.6. The molecule has 0 aliphatic carbocycles. The molecule has 12 N–H and O–H groups in total. The van der Waals surface area contributed by atoms with E-state index in [0.717, 1.165) is 16.4 Å².